The predicted octanol–water partition coefficient (Wildman–Crippen LogP) is 1.49. The Kier molecular flexibility index (Phi) is 4.44. The maximum absolute atomic E-state index is 12.0. The lowest BCUT2D eigenvalue weighted by Gasteiger charge is -2.21. The second-order valence-electron chi connectivity index (χ2n) is 4.33. The Morgan fingerprint density at radius 2 is 2.00 bits per heavy atom. The molecule has 0 aliphatic rings. The predicted molar refractivity (Wildman–Crippen MR) is 70.0 cm³/mol. The van der Waals surface area contributed by atoms with Gasteiger partial charge < -0.3 is 9.84 Å². The molecule has 0 amide bonds. The molecule has 6 nitrogen and oxygen atoms in total. The number of carbonyl (C=O) groups is 1. The summed E-state index contributed by atoms with van der Waals surface area (Å²) in [6, 6.07) is 3.87. The second-order valence-corrected chi connectivity index (χ2v) is 6.42. The fourth-order valence-electron chi connectivity index (χ4n) is 1.25. The van der Waals surface area contributed by atoms with Crippen molar-refractivity contribution in [3.05, 3.63) is 23.2 Å². The summed E-state index contributed by atoms with van der Waals surface area (Å²) in [6.45, 7) is 2.50. The zero-order valence-electron chi connectivity index (χ0n) is 10.6. The zero-order valence-corrected chi connectivity index (χ0v) is 12.2. The first-order valence-electron chi connectivity index (χ1n) is 5.21. The third-order valence-corrected chi connectivity index (χ3v) is 4.31. The maximum atomic E-state index is 12.0. The van der Waals surface area contributed by atoms with Gasteiger partial charge in [-0.05, 0) is 32.0 Å². The number of carboxylic acid groups (broad SMARTS) is 1. The number of methoxy groups -OCH3 is 1. The molecule has 2 N–H and O–H groups in total. The first-order chi connectivity index (χ1) is 8.60. The van der Waals surface area contributed by atoms with Gasteiger partial charge in [-0.2, -0.15) is 4.72 Å². The fourth-order valence-corrected chi connectivity index (χ4v) is 2.97. The highest BCUT2D eigenvalue weighted by Crippen LogP contribution is 2.27. The minimum Gasteiger partial charge on any atom is -0.495 e. The monoisotopic (exact) mass is 307 g/mol. The highest BCUT2D eigenvalue weighted by molar-refractivity contribution is 7.89. The average Bonchev–Trinajstić information content (AvgIpc) is 2.27. The van der Waals surface area contributed by atoms with Gasteiger partial charge in [0.2, 0.25) is 10.0 Å². The molecule has 0 heterocycles. The van der Waals surface area contributed by atoms with Crippen molar-refractivity contribution >= 4 is 27.6 Å². The number of nitrogens with one attached hydrogen (secondary N) is 1. The Morgan fingerprint density at radius 1 is 1.42 bits per heavy atom. The van der Waals surface area contributed by atoms with Gasteiger partial charge in [0.05, 0.1) is 17.0 Å². The summed E-state index contributed by atoms with van der Waals surface area (Å²) in [5.74, 6) is -0.950. The van der Waals surface area contributed by atoms with Crippen LogP contribution in [0.15, 0.2) is 23.1 Å². The molecule has 0 fully saturated rings. The summed E-state index contributed by atoms with van der Waals surface area (Å²) in [5.41, 5.74) is -1.62. The molecule has 0 aromatic heterocycles. The van der Waals surface area contributed by atoms with E-state index in [-0.39, 0.29) is 9.92 Å². The van der Waals surface area contributed by atoms with E-state index < -0.39 is 21.5 Å². The van der Waals surface area contributed by atoms with Crippen LogP contribution in [-0.2, 0) is 14.8 Å². The van der Waals surface area contributed by atoms with Crippen molar-refractivity contribution in [2.45, 2.75) is 24.3 Å². The number of halogens is 1. The Labute approximate surface area is 116 Å². The molecule has 0 saturated heterocycles. The van der Waals surface area contributed by atoms with Crippen LogP contribution >= 0.6 is 11.6 Å². The lowest BCUT2D eigenvalue weighted by Crippen LogP contribution is -2.49. The molecule has 0 aliphatic carbocycles. The molecule has 1 aromatic rings. The number of ether oxygens (including phenoxy) is 1. The molecule has 0 radical (unpaired) electrons. The minimum absolute atomic E-state index is 0.124. The van der Waals surface area contributed by atoms with Crippen LogP contribution < -0.4 is 9.46 Å². The summed E-state index contributed by atoms with van der Waals surface area (Å²) in [4.78, 5) is 10.8. The van der Waals surface area contributed by atoms with E-state index in [4.69, 9.17) is 21.4 Å². The lowest BCUT2D eigenvalue weighted by atomic mass is 10.1. The van der Waals surface area contributed by atoms with Crippen LogP contribution in [-0.4, -0.2) is 32.1 Å². The Morgan fingerprint density at radius 3 is 2.42 bits per heavy atom. The number of hydrogen-bond donors (Lipinski definition) is 2. The maximum Gasteiger partial charge on any atom is 0.324 e. The summed E-state index contributed by atoms with van der Waals surface area (Å²) in [7, 11) is -2.58. The summed E-state index contributed by atoms with van der Waals surface area (Å²) in [5, 5.41) is 9.04. The van der Waals surface area contributed by atoms with Crippen molar-refractivity contribution in [2.24, 2.45) is 0 Å². The van der Waals surface area contributed by atoms with Crippen LogP contribution in [0.1, 0.15) is 13.8 Å². The molecule has 106 valence electrons. The van der Waals surface area contributed by atoms with Crippen molar-refractivity contribution in [3.63, 3.8) is 0 Å². The highest BCUT2D eigenvalue weighted by atomic mass is 35.5. The quantitative estimate of drug-likeness (QED) is 0.859. The number of carboxylic acids is 1. The molecule has 0 saturated carbocycles. The van der Waals surface area contributed by atoms with Gasteiger partial charge >= 0.3 is 5.97 Å². The van der Waals surface area contributed by atoms with Crippen molar-refractivity contribution in [1.29, 1.82) is 0 Å². The molecule has 0 unspecified atom stereocenters. The molecule has 19 heavy (non-hydrogen) atoms. The van der Waals surface area contributed by atoms with Crippen LogP contribution in [0.4, 0.5) is 0 Å². The van der Waals surface area contributed by atoms with E-state index in [0.29, 0.717) is 5.75 Å². The van der Waals surface area contributed by atoms with Gasteiger partial charge in [-0.15, -0.1) is 0 Å². The van der Waals surface area contributed by atoms with Crippen LogP contribution in [0.2, 0.25) is 5.02 Å². The molecule has 1 aromatic carbocycles. The van der Waals surface area contributed by atoms with Crippen LogP contribution in [0.5, 0.6) is 5.75 Å². The summed E-state index contributed by atoms with van der Waals surface area (Å²) in [6.07, 6.45) is 0. The van der Waals surface area contributed by atoms with Crippen LogP contribution in [0.25, 0.3) is 0 Å². The number of rotatable bonds is 5. The second kappa shape index (κ2) is 5.36. The van der Waals surface area contributed by atoms with E-state index in [2.05, 4.69) is 4.72 Å². The molecular weight excluding hydrogens is 294 g/mol. The van der Waals surface area contributed by atoms with Gasteiger partial charge in [0.15, 0.2) is 0 Å². The zero-order chi connectivity index (χ0) is 14.8. The van der Waals surface area contributed by atoms with Crippen molar-refractivity contribution in [2.75, 3.05) is 7.11 Å². The standard InChI is InChI=1S/C11H14ClNO5S/c1-11(2,10(14)15)13-19(16,17)7-4-5-9(18-3)8(12)6-7/h4-6,13H,1-3H3,(H,14,15). The number of aliphatic carboxylic acids is 1. The van der Waals surface area contributed by atoms with E-state index in [1.54, 1.807) is 0 Å². The number of sulfonamides is 1. The fraction of sp³-hybridized carbons (Fsp3) is 0.364. The summed E-state index contributed by atoms with van der Waals surface area (Å²) >= 11 is 5.84. The van der Waals surface area contributed by atoms with E-state index in [9.17, 15) is 13.2 Å². The Hall–Kier alpha value is -1.31. The first kappa shape index (κ1) is 15.7. The van der Waals surface area contributed by atoms with Gasteiger partial charge in [-0.1, -0.05) is 11.6 Å². The molecule has 8 heteroatoms. The smallest absolute Gasteiger partial charge is 0.324 e. The first-order valence-corrected chi connectivity index (χ1v) is 7.07. The topological polar surface area (TPSA) is 92.7 Å². The Balaban J connectivity index is 3.15. The highest BCUT2D eigenvalue weighted by Gasteiger charge is 2.33. The minimum atomic E-state index is -3.98. The van der Waals surface area contributed by atoms with E-state index >= 15 is 0 Å². The molecule has 0 atom stereocenters. The van der Waals surface area contributed by atoms with E-state index in [1.165, 1.54) is 39.2 Å². The van der Waals surface area contributed by atoms with Gasteiger partial charge in [0.25, 0.3) is 0 Å². The van der Waals surface area contributed by atoms with Gasteiger partial charge in [-0.25, -0.2) is 8.42 Å². The molecule has 0 aliphatic heterocycles. The largest absolute Gasteiger partial charge is 0.495 e. The van der Waals surface area contributed by atoms with Crippen molar-refractivity contribution < 1.29 is 23.1 Å². The van der Waals surface area contributed by atoms with Gasteiger partial charge in [0.1, 0.15) is 11.3 Å². The lowest BCUT2D eigenvalue weighted by molar-refractivity contribution is -0.142. The average molecular weight is 308 g/mol. The normalized spacial score (nSPS) is 12.2. The molecular formula is C11H14ClNO5S. The summed E-state index contributed by atoms with van der Waals surface area (Å²) < 4.78 is 31.1. The van der Waals surface area contributed by atoms with Crippen molar-refractivity contribution in [1.82, 2.24) is 4.72 Å². The van der Waals surface area contributed by atoms with Crippen LogP contribution in [0.3, 0.4) is 0 Å². The van der Waals surface area contributed by atoms with E-state index in [0.717, 1.165) is 0 Å². The van der Waals surface area contributed by atoms with Gasteiger partial charge in [0, 0.05) is 0 Å². The van der Waals surface area contributed by atoms with Crippen LogP contribution in [0, 0.1) is 0 Å². The number of hydrogen-bond acceptors (Lipinski definition) is 4. The SMILES string of the molecule is COc1ccc(S(=O)(=O)NC(C)(C)C(=O)O)cc1Cl. The molecule has 0 spiro atoms. The molecule has 1 rings (SSSR count). The third-order valence-electron chi connectivity index (χ3n) is 2.36. The molecule has 0 bridgehead atoms. The van der Waals surface area contributed by atoms with E-state index in [1.807, 2.05) is 0 Å². The Bertz CT molecular complexity index is 597. The third kappa shape index (κ3) is 3.59. The van der Waals surface area contributed by atoms with Gasteiger partial charge in [-0.3, -0.25) is 4.79 Å². The van der Waals surface area contributed by atoms with Crippen molar-refractivity contribution in [3.8, 4) is 5.75 Å². The number of benzene rings is 1.